The lowest BCUT2D eigenvalue weighted by Gasteiger charge is -2.03. The fourth-order valence-electron chi connectivity index (χ4n) is 2.04. The highest BCUT2D eigenvalue weighted by Crippen LogP contribution is 2.19. The molecule has 7 heteroatoms. The van der Waals surface area contributed by atoms with Crippen LogP contribution in [0.3, 0.4) is 0 Å². The molecule has 0 spiro atoms. The molecule has 0 rings (SSSR count). The minimum Gasteiger partial charge on any atom is -0.238 e. The molecule has 0 aromatic carbocycles. The molecular weight excluding hydrogens is 295 g/mol. The minimum absolute atomic E-state index is 0.0179. The van der Waals surface area contributed by atoms with E-state index in [1.807, 2.05) is 0 Å². The van der Waals surface area contributed by atoms with E-state index in [0.717, 1.165) is 25.7 Å². The lowest BCUT2D eigenvalue weighted by atomic mass is 10.2. The second-order valence-electron chi connectivity index (χ2n) is 5.08. The maximum absolute atomic E-state index is 12.0. The van der Waals surface area contributed by atoms with Crippen LogP contribution in [0.2, 0.25) is 18.1 Å². The Balaban J connectivity index is 3.03. The highest BCUT2D eigenvalue weighted by molar-refractivity contribution is 6.58. The van der Waals surface area contributed by atoms with Gasteiger partial charge in [0.15, 0.2) is 0 Å². The predicted molar refractivity (Wildman–Crippen MR) is 75.0 cm³/mol. The average molecular weight is 320 g/mol. The van der Waals surface area contributed by atoms with Crippen molar-refractivity contribution >= 4 is 18.6 Å². The molecule has 0 atom stereocenters. The van der Waals surface area contributed by atoms with Crippen molar-refractivity contribution in [2.45, 2.75) is 75.9 Å². The van der Waals surface area contributed by atoms with Crippen molar-refractivity contribution in [3.63, 3.8) is 0 Å². The molecule has 0 aromatic rings. The van der Waals surface area contributed by atoms with Crippen molar-refractivity contribution < 1.29 is 21.1 Å². The summed E-state index contributed by atoms with van der Waals surface area (Å²) < 4.78 is 59.6. The molecule has 19 heavy (non-hydrogen) atoms. The van der Waals surface area contributed by atoms with Crippen molar-refractivity contribution in [2.24, 2.45) is 0 Å². The molecule has 0 radical (unpaired) electrons. The Labute approximate surface area is 116 Å². The van der Waals surface area contributed by atoms with E-state index in [1.165, 1.54) is 12.1 Å². The lowest BCUT2D eigenvalue weighted by Crippen LogP contribution is -2.13. The zero-order valence-electron chi connectivity index (χ0n) is 11.5. The van der Waals surface area contributed by atoms with Gasteiger partial charge in [-0.3, -0.25) is 0 Å². The fourth-order valence-corrected chi connectivity index (χ4v) is 4.46. The van der Waals surface area contributed by atoms with E-state index < -0.39 is 21.5 Å². The third kappa shape index (κ3) is 18.1. The zero-order valence-corrected chi connectivity index (χ0v) is 13.9. The number of hydrogen-bond acceptors (Lipinski definition) is 0. The monoisotopic (exact) mass is 320 g/mol. The summed E-state index contributed by atoms with van der Waals surface area (Å²) in [6.45, 7) is 0. The second-order valence-corrected chi connectivity index (χ2v) is 8.93. The van der Waals surface area contributed by atoms with Crippen molar-refractivity contribution in [1.29, 1.82) is 0 Å². The summed E-state index contributed by atoms with van der Waals surface area (Å²) >= 11 is 0. The van der Waals surface area contributed by atoms with Gasteiger partial charge in [-0.1, -0.05) is 44.2 Å². The van der Waals surface area contributed by atoms with Crippen molar-refractivity contribution in [1.82, 2.24) is 0 Å². The molecule has 0 nitrogen and oxygen atoms in total. The minimum atomic E-state index is -5.30. The summed E-state index contributed by atoms with van der Waals surface area (Å²) in [4.78, 5) is 0. The molecule has 0 saturated heterocycles. The van der Waals surface area contributed by atoms with Crippen LogP contribution < -0.4 is 0 Å². The van der Waals surface area contributed by atoms with Crippen LogP contribution in [0.25, 0.3) is 0 Å². The smallest absolute Gasteiger partial charge is 0.238 e. The molecule has 0 N–H and O–H groups in total. The molecule has 116 valence electrons. The first-order chi connectivity index (χ1) is 8.92. The number of alkyl halides is 2. The first-order valence-electron chi connectivity index (χ1n) is 7.27. The van der Waals surface area contributed by atoms with Gasteiger partial charge >= 0.3 is 9.08 Å². The van der Waals surface area contributed by atoms with Crippen LogP contribution in [0.4, 0.5) is 21.1 Å². The quantitative estimate of drug-likeness (QED) is 0.189. The van der Waals surface area contributed by atoms with E-state index in [-0.39, 0.29) is 15.9 Å². The van der Waals surface area contributed by atoms with Gasteiger partial charge in [0.1, 0.15) is 0 Å². The number of unbranched alkanes of at least 4 members (excludes halogenated alkanes) is 5. The Morgan fingerprint density at radius 3 is 1.79 bits per heavy atom. The van der Waals surface area contributed by atoms with Gasteiger partial charge in [0.05, 0.1) is 0 Å². The summed E-state index contributed by atoms with van der Waals surface area (Å²) in [5, 5.41) is 0. The Morgan fingerprint density at radius 2 is 1.26 bits per heavy atom. The number of rotatable bonds is 13. The molecule has 0 saturated carbocycles. The molecule has 0 aliphatic rings. The van der Waals surface area contributed by atoms with Crippen LogP contribution in [0.1, 0.15) is 51.4 Å². The maximum Gasteiger partial charge on any atom is 0.616 e. The SMILES string of the molecule is FC(F)CCCCC[SiH2]CCCCCC[Si](F)(F)F. The Kier molecular flexibility index (Phi) is 11.9. The van der Waals surface area contributed by atoms with Crippen LogP contribution >= 0.6 is 0 Å². The van der Waals surface area contributed by atoms with Gasteiger partial charge in [-0.25, -0.2) is 21.1 Å². The standard InChI is InChI=1S/C12H25F5Si2/c13-12(14)8-4-3-6-10-18-9-5-1-2-7-11-19(15,16)17/h12H,1-11,18H2. The van der Waals surface area contributed by atoms with Crippen LogP contribution in [-0.2, 0) is 0 Å². The van der Waals surface area contributed by atoms with Crippen LogP contribution in [0.5, 0.6) is 0 Å². The van der Waals surface area contributed by atoms with E-state index >= 15 is 0 Å². The van der Waals surface area contributed by atoms with Gasteiger partial charge in [-0.05, 0) is 12.8 Å². The molecule has 0 amide bonds. The summed E-state index contributed by atoms with van der Waals surface area (Å²) in [7, 11) is -5.40. The fraction of sp³-hybridized carbons (Fsp3) is 1.00. The molecule has 0 aliphatic heterocycles. The average Bonchev–Trinajstić information content (AvgIpc) is 2.28. The van der Waals surface area contributed by atoms with E-state index in [1.54, 1.807) is 0 Å². The van der Waals surface area contributed by atoms with Crippen molar-refractivity contribution in [2.75, 3.05) is 0 Å². The predicted octanol–water partition coefficient (Wildman–Crippen LogP) is 5.23. The number of hydrogen-bond donors (Lipinski definition) is 0. The summed E-state index contributed by atoms with van der Waals surface area (Å²) in [6.07, 6.45) is 3.41. The lowest BCUT2D eigenvalue weighted by molar-refractivity contribution is 0.134. The summed E-state index contributed by atoms with van der Waals surface area (Å²) in [6, 6.07) is 1.87. The van der Waals surface area contributed by atoms with Gasteiger partial charge in [-0.15, -0.1) is 0 Å². The Hall–Kier alpha value is 0.0838. The maximum atomic E-state index is 12.0. The van der Waals surface area contributed by atoms with Gasteiger partial charge < -0.3 is 0 Å². The van der Waals surface area contributed by atoms with Gasteiger partial charge in [0, 0.05) is 22.0 Å². The highest BCUT2D eigenvalue weighted by atomic mass is 28.5. The van der Waals surface area contributed by atoms with E-state index in [4.69, 9.17) is 0 Å². The first kappa shape index (κ1) is 19.1. The third-order valence-corrected chi connectivity index (χ3v) is 6.05. The van der Waals surface area contributed by atoms with Crippen molar-refractivity contribution in [3.05, 3.63) is 0 Å². The second kappa shape index (κ2) is 11.9. The Bertz CT molecular complexity index is 197. The molecule has 0 aliphatic carbocycles. The number of halogens is 5. The molecule has 0 aromatic heterocycles. The molecular formula is C12H25F5Si2. The molecule has 0 unspecified atom stereocenters. The van der Waals surface area contributed by atoms with E-state index in [9.17, 15) is 21.1 Å². The molecule has 0 bridgehead atoms. The third-order valence-electron chi connectivity index (χ3n) is 3.13. The van der Waals surface area contributed by atoms with E-state index in [0.29, 0.717) is 19.3 Å². The van der Waals surface area contributed by atoms with Crippen LogP contribution in [0.15, 0.2) is 0 Å². The normalized spacial score (nSPS) is 12.9. The first-order valence-corrected chi connectivity index (χ1v) is 11.1. The van der Waals surface area contributed by atoms with Gasteiger partial charge in [0.2, 0.25) is 6.43 Å². The zero-order chi connectivity index (χ0) is 14.6. The molecule has 0 heterocycles. The van der Waals surface area contributed by atoms with Gasteiger partial charge in [-0.2, -0.15) is 0 Å². The summed E-state index contributed by atoms with van der Waals surface area (Å²) in [5.74, 6) is 0. The Morgan fingerprint density at radius 1 is 0.737 bits per heavy atom. The van der Waals surface area contributed by atoms with Crippen molar-refractivity contribution in [3.8, 4) is 0 Å². The summed E-state index contributed by atoms with van der Waals surface area (Å²) in [5.41, 5.74) is 0. The topological polar surface area (TPSA) is 0 Å². The van der Waals surface area contributed by atoms with Gasteiger partial charge in [0.25, 0.3) is 0 Å². The molecule has 0 fully saturated rings. The van der Waals surface area contributed by atoms with Crippen LogP contribution in [0, 0.1) is 0 Å². The van der Waals surface area contributed by atoms with E-state index in [2.05, 4.69) is 0 Å². The van der Waals surface area contributed by atoms with Crippen LogP contribution in [-0.4, -0.2) is 25.0 Å². The largest absolute Gasteiger partial charge is 0.616 e. The highest BCUT2D eigenvalue weighted by Gasteiger charge is 2.35.